The van der Waals surface area contributed by atoms with Crippen molar-refractivity contribution in [3.8, 4) is 0 Å². The Morgan fingerprint density at radius 2 is 1.88 bits per heavy atom. The number of hydrogen-bond donors (Lipinski definition) is 2. The van der Waals surface area contributed by atoms with Gasteiger partial charge in [-0.1, -0.05) is 42.5 Å². The number of aliphatic hydroxyl groups is 1. The first kappa shape index (κ1) is 16.9. The number of carbonyl (C=O) groups excluding carboxylic acids is 1. The Kier molecular flexibility index (Phi) is 5.83. The van der Waals surface area contributed by atoms with Gasteiger partial charge in [-0.2, -0.15) is 0 Å². The van der Waals surface area contributed by atoms with E-state index < -0.39 is 0 Å². The van der Waals surface area contributed by atoms with Gasteiger partial charge in [-0.05, 0) is 42.1 Å². The van der Waals surface area contributed by atoms with Crippen LogP contribution in [0.25, 0.3) is 10.8 Å². The van der Waals surface area contributed by atoms with Crippen LogP contribution >= 0.6 is 0 Å². The normalized spacial score (nSPS) is 16.4. The Morgan fingerprint density at radius 1 is 1.12 bits per heavy atom. The zero-order chi connectivity index (χ0) is 16.8. The number of fused-ring (bicyclic) bond motifs is 1. The fraction of sp³-hybridized carbons (Fsp3) is 0.450. The summed E-state index contributed by atoms with van der Waals surface area (Å²) in [5, 5.41) is 14.9. The van der Waals surface area contributed by atoms with Gasteiger partial charge in [-0.3, -0.25) is 4.79 Å². The van der Waals surface area contributed by atoms with E-state index in [0.717, 1.165) is 44.5 Å². The highest BCUT2D eigenvalue weighted by molar-refractivity contribution is 5.85. The predicted octanol–water partition coefficient (Wildman–Crippen LogP) is 2.35. The third-order valence-corrected chi connectivity index (χ3v) is 4.71. The molecule has 0 radical (unpaired) electrons. The van der Waals surface area contributed by atoms with Gasteiger partial charge < -0.3 is 15.3 Å². The molecule has 2 aromatic rings. The third-order valence-electron chi connectivity index (χ3n) is 4.71. The second-order valence-corrected chi connectivity index (χ2v) is 6.63. The first-order valence-electron chi connectivity index (χ1n) is 8.85. The minimum atomic E-state index is -0.122. The smallest absolute Gasteiger partial charge is 0.224 e. The van der Waals surface area contributed by atoms with Gasteiger partial charge in [-0.15, -0.1) is 0 Å². The first-order chi connectivity index (χ1) is 11.7. The van der Waals surface area contributed by atoms with E-state index in [1.54, 1.807) is 0 Å². The van der Waals surface area contributed by atoms with Crippen molar-refractivity contribution in [1.82, 2.24) is 10.2 Å². The van der Waals surface area contributed by atoms with Crippen LogP contribution < -0.4 is 5.32 Å². The summed E-state index contributed by atoms with van der Waals surface area (Å²) in [5.41, 5.74) is 1.05. The number of hydrogen-bond acceptors (Lipinski definition) is 3. The maximum atomic E-state index is 12.1. The molecule has 0 unspecified atom stereocenters. The zero-order valence-corrected chi connectivity index (χ0v) is 14.1. The lowest BCUT2D eigenvalue weighted by Crippen LogP contribution is -2.37. The minimum absolute atomic E-state index is 0.0827. The molecule has 3 rings (SSSR count). The maximum Gasteiger partial charge on any atom is 0.224 e. The van der Waals surface area contributed by atoms with Crippen molar-refractivity contribution >= 4 is 16.7 Å². The molecule has 0 bridgehead atoms. The molecular weight excluding hydrogens is 300 g/mol. The molecule has 0 saturated carbocycles. The van der Waals surface area contributed by atoms with Crippen LogP contribution in [0.4, 0.5) is 0 Å². The molecule has 0 spiro atoms. The van der Waals surface area contributed by atoms with Gasteiger partial charge in [0, 0.05) is 19.6 Å². The number of benzene rings is 2. The van der Waals surface area contributed by atoms with E-state index >= 15 is 0 Å². The summed E-state index contributed by atoms with van der Waals surface area (Å²) >= 11 is 0. The first-order valence-corrected chi connectivity index (χ1v) is 8.85. The molecule has 2 N–H and O–H groups in total. The number of aliphatic hydroxyl groups excluding tert-OH is 1. The zero-order valence-electron chi connectivity index (χ0n) is 14.1. The number of nitrogens with zero attached hydrogens (tertiary/aromatic N) is 1. The summed E-state index contributed by atoms with van der Waals surface area (Å²) in [6.45, 7) is 3.63. The van der Waals surface area contributed by atoms with Crippen molar-refractivity contribution in [3.05, 3.63) is 48.0 Å². The molecule has 2 aromatic carbocycles. The summed E-state index contributed by atoms with van der Waals surface area (Å²) < 4.78 is 0. The molecule has 0 atom stereocenters. The van der Waals surface area contributed by atoms with Gasteiger partial charge in [0.05, 0.1) is 12.5 Å². The lowest BCUT2D eigenvalue weighted by Gasteiger charge is -2.29. The Morgan fingerprint density at radius 3 is 2.67 bits per heavy atom. The van der Waals surface area contributed by atoms with Crippen molar-refractivity contribution in [3.63, 3.8) is 0 Å². The number of nitrogens with one attached hydrogen (secondary N) is 1. The number of amides is 1. The molecule has 1 aliphatic rings. The monoisotopic (exact) mass is 326 g/mol. The number of rotatable bonds is 6. The molecule has 24 heavy (non-hydrogen) atoms. The van der Waals surface area contributed by atoms with Crippen LogP contribution in [-0.4, -0.2) is 48.2 Å². The van der Waals surface area contributed by atoms with Crippen molar-refractivity contribution in [2.75, 3.05) is 26.2 Å². The lowest BCUT2D eigenvalue weighted by atomic mass is 10.0. The second-order valence-electron chi connectivity index (χ2n) is 6.63. The second kappa shape index (κ2) is 8.27. The number of piperidine rings is 1. The quantitative estimate of drug-likeness (QED) is 0.801. The number of likely N-dealkylation sites (tertiary alicyclic amines) is 1. The van der Waals surface area contributed by atoms with Crippen LogP contribution in [0.1, 0.15) is 24.8 Å². The van der Waals surface area contributed by atoms with E-state index in [-0.39, 0.29) is 12.0 Å². The highest BCUT2D eigenvalue weighted by atomic mass is 16.3. The number of carbonyl (C=O) groups is 1. The van der Waals surface area contributed by atoms with E-state index in [0.29, 0.717) is 13.0 Å². The van der Waals surface area contributed by atoms with Gasteiger partial charge in [0.25, 0.3) is 0 Å². The van der Waals surface area contributed by atoms with E-state index in [1.165, 1.54) is 10.8 Å². The molecule has 1 aliphatic heterocycles. The van der Waals surface area contributed by atoms with Crippen molar-refractivity contribution in [2.45, 2.75) is 31.8 Å². The molecule has 1 heterocycles. The predicted molar refractivity (Wildman–Crippen MR) is 97.0 cm³/mol. The van der Waals surface area contributed by atoms with Gasteiger partial charge in [-0.25, -0.2) is 0 Å². The van der Waals surface area contributed by atoms with Crippen molar-refractivity contribution < 1.29 is 9.90 Å². The standard InChI is InChI=1S/C20H26N2O2/c23-19-8-12-22(13-9-19)11-3-10-21-20(24)15-16-6-7-17-4-1-2-5-18(17)14-16/h1-2,4-7,14,19,23H,3,8-13,15H2,(H,21,24). The third kappa shape index (κ3) is 4.79. The summed E-state index contributed by atoms with van der Waals surface area (Å²) in [7, 11) is 0. The fourth-order valence-corrected chi connectivity index (χ4v) is 3.27. The van der Waals surface area contributed by atoms with Gasteiger partial charge in [0.2, 0.25) is 5.91 Å². The molecule has 1 amide bonds. The molecule has 1 saturated heterocycles. The molecule has 1 fully saturated rings. The van der Waals surface area contributed by atoms with Crippen LogP contribution in [0.3, 0.4) is 0 Å². The van der Waals surface area contributed by atoms with E-state index in [1.807, 2.05) is 18.2 Å². The molecular formula is C20H26N2O2. The summed E-state index contributed by atoms with van der Waals surface area (Å²) in [6, 6.07) is 14.4. The van der Waals surface area contributed by atoms with Crippen LogP contribution in [-0.2, 0) is 11.2 Å². The van der Waals surface area contributed by atoms with Crippen molar-refractivity contribution in [1.29, 1.82) is 0 Å². The molecule has 0 aromatic heterocycles. The highest BCUT2D eigenvalue weighted by Gasteiger charge is 2.16. The van der Waals surface area contributed by atoms with E-state index in [2.05, 4.69) is 34.5 Å². The Bertz CT molecular complexity index is 678. The summed E-state index contributed by atoms with van der Waals surface area (Å²) in [6.07, 6.45) is 3.01. The lowest BCUT2D eigenvalue weighted by molar-refractivity contribution is -0.120. The maximum absolute atomic E-state index is 12.1. The highest BCUT2D eigenvalue weighted by Crippen LogP contribution is 2.16. The van der Waals surface area contributed by atoms with E-state index in [4.69, 9.17) is 0 Å². The largest absolute Gasteiger partial charge is 0.393 e. The average Bonchev–Trinajstić information content (AvgIpc) is 2.60. The minimum Gasteiger partial charge on any atom is -0.393 e. The topological polar surface area (TPSA) is 52.6 Å². The fourth-order valence-electron chi connectivity index (χ4n) is 3.27. The Hall–Kier alpha value is -1.91. The summed E-state index contributed by atoms with van der Waals surface area (Å²) in [5.74, 6) is 0.0827. The Labute approximate surface area is 143 Å². The summed E-state index contributed by atoms with van der Waals surface area (Å²) in [4.78, 5) is 14.4. The molecule has 128 valence electrons. The van der Waals surface area contributed by atoms with Gasteiger partial charge in [0.15, 0.2) is 0 Å². The van der Waals surface area contributed by atoms with Crippen molar-refractivity contribution in [2.24, 2.45) is 0 Å². The average molecular weight is 326 g/mol. The van der Waals surface area contributed by atoms with Crippen LogP contribution in [0.2, 0.25) is 0 Å². The van der Waals surface area contributed by atoms with Gasteiger partial charge >= 0.3 is 0 Å². The van der Waals surface area contributed by atoms with Crippen LogP contribution in [0.15, 0.2) is 42.5 Å². The molecule has 4 nitrogen and oxygen atoms in total. The van der Waals surface area contributed by atoms with Crippen LogP contribution in [0, 0.1) is 0 Å². The molecule has 4 heteroatoms. The van der Waals surface area contributed by atoms with E-state index in [9.17, 15) is 9.90 Å². The SMILES string of the molecule is O=C(Cc1ccc2ccccc2c1)NCCCN1CCC(O)CC1. The van der Waals surface area contributed by atoms with Crippen LogP contribution in [0.5, 0.6) is 0 Å². The molecule has 0 aliphatic carbocycles. The Balaban J connectivity index is 1.39. The van der Waals surface area contributed by atoms with Gasteiger partial charge in [0.1, 0.15) is 0 Å².